The van der Waals surface area contributed by atoms with Crippen LogP contribution in [0.15, 0.2) is 53.0 Å². The van der Waals surface area contributed by atoms with Crippen molar-refractivity contribution in [2.24, 2.45) is 0 Å². The van der Waals surface area contributed by atoms with E-state index in [0.29, 0.717) is 11.8 Å². The number of carbonyl (C=O) groups is 2. The Kier molecular flexibility index (Phi) is 9.11. The number of benzene rings is 2. The number of piperazine rings is 1. The van der Waals surface area contributed by atoms with Gasteiger partial charge in [0, 0.05) is 54.5 Å². The van der Waals surface area contributed by atoms with Crippen LogP contribution in [-0.4, -0.2) is 82.4 Å². The number of anilines is 1. The third-order valence-corrected chi connectivity index (χ3v) is 6.62. The number of para-hydroxylation sites is 1. The first-order valence-electron chi connectivity index (χ1n) is 11.0. The fraction of sp³-hybridized carbons (Fsp3) is 0.417. The van der Waals surface area contributed by atoms with E-state index in [1.165, 1.54) is 18.5 Å². The van der Waals surface area contributed by atoms with Crippen molar-refractivity contribution in [3.8, 4) is 5.75 Å². The lowest BCUT2D eigenvalue weighted by Crippen LogP contribution is -2.53. The average molecular weight is 520 g/mol. The highest BCUT2D eigenvalue weighted by molar-refractivity contribution is 9.10. The van der Waals surface area contributed by atoms with E-state index >= 15 is 0 Å². The molecular formula is C24H30BrN3O5. The monoisotopic (exact) mass is 519 g/mol. The molecule has 2 aliphatic heterocycles. The van der Waals surface area contributed by atoms with Crippen LogP contribution in [0.3, 0.4) is 0 Å². The van der Waals surface area contributed by atoms with E-state index in [-0.39, 0.29) is 0 Å². The van der Waals surface area contributed by atoms with Gasteiger partial charge in [0.2, 0.25) is 0 Å². The van der Waals surface area contributed by atoms with E-state index in [1.54, 1.807) is 6.07 Å². The summed E-state index contributed by atoms with van der Waals surface area (Å²) in [5, 5.41) is 24.9. The van der Waals surface area contributed by atoms with Crippen molar-refractivity contribution in [1.29, 1.82) is 0 Å². The molecule has 0 bridgehead atoms. The van der Waals surface area contributed by atoms with Gasteiger partial charge in [-0.2, -0.15) is 0 Å². The Bertz CT molecular complexity index is 915. The standard InChI is InChI=1S/C22H28BrN3O.C2H2O4/c23-19-6-7-22(27)18(16-19)17-24-10-8-21(9-11-24)26-14-12-25(13-15-26)20-4-2-1-3-5-20;3-1(4)2(5)6/h1-7,16,21,27H,8-15,17H2;(H,3,4)(H,5,6). The molecule has 2 fully saturated rings. The van der Waals surface area contributed by atoms with Crippen LogP contribution in [0.4, 0.5) is 5.69 Å². The minimum Gasteiger partial charge on any atom is -0.508 e. The van der Waals surface area contributed by atoms with Crippen LogP contribution < -0.4 is 4.90 Å². The number of hydrogen-bond donors (Lipinski definition) is 3. The summed E-state index contributed by atoms with van der Waals surface area (Å²) in [7, 11) is 0. The minimum atomic E-state index is -1.82. The zero-order chi connectivity index (χ0) is 23.8. The molecule has 9 heteroatoms. The number of carboxylic acids is 2. The highest BCUT2D eigenvalue weighted by Gasteiger charge is 2.27. The molecule has 0 aromatic heterocycles. The number of phenols is 1. The molecule has 0 radical (unpaired) electrons. The van der Waals surface area contributed by atoms with Crippen LogP contribution >= 0.6 is 15.9 Å². The second-order valence-corrected chi connectivity index (χ2v) is 9.16. The number of aliphatic carboxylic acids is 2. The Balaban J connectivity index is 0.000000454. The quantitative estimate of drug-likeness (QED) is 0.529. The second kappa shape index (κ2) is 12.0. The van der Waals surface area contributed by atoms with Crippen LogP contribution in [0.2, 0.25) is 0 Å². The van der Waals surface area contributed by atoms with Crippen LogP contribution in [0, 0.1) is 0 Å². The third-order valence-electron chi connectivity index (χ3n) is 6.13. The van der Waals surface area contributed by atoms with E-state index < -0.39 is 11.9 Å². The number of carboxylic acid groups (broad SMARTS) is 2. The predicted molar refractivity (Wildman–Crippen MR) is 130 cm³/mol. The fourth-order valence-corrected chi connectivity index (χ4v) is 4.76. The Hall–Kier alpha value is -2.62. The zero-order valence-electron chi connectivity index (χ0n) is 18.4. The molecule has 3 N–H and O–H groups in total. The van der Waals surface area contributed by atoms with E-state index in [1.807, 2.05) is 12.1 Å². The van der Waals surface area contributed by atoms with Gasteiger partial charge in [0.1, 0.15) is 5.75 Å². The molecule has 0 unspecified atom stereocenters. The van der Waals surface area contributed by atoms with Crippen molar-refractivity contribution in [3.63, 3.8) is 0 Å². The summed E-state index contributed by atoms with van der Waals surface area (Å²) in [4.78, 5) is 25.9. The van der Waals surface area contributed by atoms with Gasteiger partial charge in [0.15, 0.2) is 0 Å². The summed E-state index contributed by atoms with van der Waals surface area (Å²) < 4.78 is 1.03. The molecule has 0 atom stereocenters. The van der Waals surface area contributed by atoms with E-state index in [4.69, 9.17) is 19.8 Å². The maximum Gasteiger partial charge on any atom is 0.414 e. The molecule has 0 amide bonds. The molecule has 178 valence electrons. The number of nitrogens with zero attached hydrogens (tertiary/aromatic N) is 3. The van der Waals surface area contributed by atoms with Gasteiger partial charge >= 0.3 is 11.9 Å². The fourth-order valence-electron chi connectivity index (χ4n) is 4.35. The SMILES string of the molecule is O=C(O)C(=O)O.Oc1ccc(Br)cc1CN1CCC(N2CCN(c3ccccc3)CC2)CC1. The van der Waals surface area contributed by atoms with Gasteiger partial charge in [0.25, 0.3) is 0 Å². The number of likely N-dealkylation sites (tertiary alicyclic amines) is 1. The number of aromatic hydroxyl groups is 1. The molecule has 0 saturated carbocycles. The highest BCUT2D eigenvalue weighted by Crippen LogP contribution is 2.26. The van der Waals surface area contributed by atoms with Gasteiger partial charge in [-0.05, 0) is 56.3 Å². The molecule has 2 aliphatic rings. The lowest BCUT2D eigenvalue weighted by Gasteiger charge is -2.43. The van der Waals surface area contributed by atoms with E-state index in [9.17, 15) is 5.11 Å². The number of phenolic OH excluding ortho intramolecular Hbond substituents is 1. The molecule has 33 heavy (non-hydrogen) atoms. The summed E-state index contributed by atoms with van der Waals surface area (Å²) in [6.07, 6.45) is 2.44. The Morgan fingerprint density at radius 3 is 2.06 bits per heavy atom. The summed E-state index contributed by atoms with van der Waals surface area (Å²) in [5.74, 6) is -3.25. The molecule has 8 nitrogen and oxygen atoms in total. The second-order valence-electron chi connectivity index (χ2n) is 8.25. The number of halogens is 1. The first kappa shape index (κ1) is 25.0. The van der Waals surface area contributed by atoms with E-state index in [0.717, 1.165) is 55.8 Å². The summed E-state index contributed by atoms with van der Waals surface area (Å²) in [6, 6.07) is 17.2. The molecule has 0 aliphatic carbocycles. The van der Waals surface area contributed by atoms with Crippen LogP contribution in [-0.2, 0) is 16.1 Å². The van der Waals surface area contributed by atoms with Gasteiger partial charge in [-0.1, -0.05) is 34.1 Å². The Morgan fingerprint density at radius 2 is 1.48 bits per heavy atom. The van der Waals surface area contributed by atoms with Crippen molar-refractivity contribution < 1.29 is 24.9 Å². The normalized spacial score (nSPS) is 17.8. The molecular weight excluding hydrogens is 490 g/mol. The number of hydrogen-bond acceptors (Lipinski definition) is 6. The smallest absolute Gasteiger partial charge is 0.414 e. The summed E-state index contributed by atoms with van der Waals surface area (Å²) in [5.41, 5.74) is 2.36. The average Bonchev–Trinajstić information content (AvgIpc) is 2.83. The van der Waals surface area contributed by atoms with Crippen LogP contribution in [0.5, 0.6) is 5.75 Å². The largest absolute Gasteiger partial charge is 0.508 e. The van der Waals surface area contributed by atoms with Crippen molar-refractivity contribution in [2.75, 3.05) is 44.2 Å². The number of rotatable bonds is 4. The van der Waals surface area contributed by atoms with Gasteiger partial charge in [-0.15, -0.1) is 0 Å². The van der Waals surface area contributed by atoms with Crippen LogP contribution in [0.1, 0.15) is 18.4 Å². The van der Waals surface area contributed by atoms with Crippen molar-refractivity contribution in [2.45, 2.75) is 25.4 Å². The van der Waals surface area contributed by atoms with Crippen molar-refractivity contribution in [3.05, 3.63) is 58.6 Å². The van der Waals surface area contributed by atoms with Gasteiger partial charge < -0.3 is 20.2 Å². The lowest BCUT2D eigenvalue weighted by atomic mass is 10.0. The zero-order valence-corrected chi connectivity index (χ0v) is 20.0. The molecule has 2 aromatic carbocycles. The van der Waals surface area contributed by atoms with Gasteiger partial charge in [-0.3, -0.25) is 9.80 Å². The lowest BCUT2D eigenvalue weighted by molar-refractivity contribution is -0.159. The molecule has 2 heterocycles. The van der Waals surface area contributed by atoms with E-state index in [2.05, 4.69) is 61.0 Å². The summed E-state index contributed by atoms with van der Waals surface area (Å²) >= 11 is 3.50. The minimum absolute atomic E-state index is 0.400. The highest BCUT2D eigenvalue weighted by atomic mass is 79.9. The molecule has 2 saturated heterocycles. The van der Waals surface area contributed by atoms with Crippen molar-refractivity contribution in [1.82, 2.24) is 9.80 Å². The predicted octanol–water partition coefficient (Wildman–Crippen LogP) is 3.10. The van der Waals surface area contributed by atoms with Gasteiger partial charge in [-0.25, -0.2) is 9.59 Å². The van der Waals surface area contributed by atoms with Crippen LogP contribution in [0.25, 0.3) is 0 Å². The molecule has 0 spiro atoms. The first-order valence-corrected chi connectivity index (χ1v) is 11.8. The topological polar surface area (TPSA) is 105 Å². The Labute approximate surface area is 202 Å². The summed E-state index contributed by atoms with van der Waals surface area (Å²) in [6.45, 7) is 7.61. The third kappa shape index (κ3) is 7.45. The Morgan fingerprint density at radius 1 is 0.879 bits per heavy atom. The van der Waals surface area contributed by atoms with Gasteiger partial charge in [0.05, 0.1) is 0 Å². The molecule has 2 aromatic rings. The maximum atomic E-state index is 10.1. The van der Waals surface area contributed by atoms with Crippen molar-refractivity contribution >= 4 is 33.6 Å². The maximum absolute atomic E-state index is 10.1. The molecule has 4 rings (SSSR count). The first-order chi connectivity index (χ1) is 15.8. The number of piperidine rings is 1.